The van der Waals surface area contributed by atoms with Crippen molar-refractivity contribution < 1.29 is 37.1 Å². The predicted octanol–water partition coefficient (Wildman–Crippen LogP) is 1.47. The Kier molecular flexibility index (Phi) is 5.64. The molecule has 0 saturated carbocycles. The number of oxime groups is 1. The highest BCUT2D eigenvalue weighted by atomic mass is 35.5. The summed E-state index contributed by atoms with van der Waals surface area (Å²) in [5.41, 5.74) is -1.29. The average molecular weight is 435 g/mol. The van der Waals surface area contributed by atoms with Gasteiger partial charge in [-0.1, -0.05) is 16.8 Å². The van der Waals surface area contributed by atoms with Crippen LogP contribution >= 0.6 is 11.6 Å². The highest BCUT2D eigenvalue weighted by Crippen LogP contribution is 2.33. The molecule has 2 atom stereocenters. The van der Waals surface area contributed by atoms with E-state index in [2.05, 4.69) is 15.5 Å². The molecule has 1 saturated heterocycles. The third-order valence-corrected chi connectivity index (χ3v) is 4.47. The Balaban J connectivity index is 1.62. The molecular weight excluding hydrogens is 421 g/mol. The molecule has 1 fully saturated rings. The Morgan fingerprint density at radius 3 is 2.72 bits per heavy atom. The lowest BCUT2D eigenvalue weighted by molar-refractivity contribution is -0.142. The van der Waals surface area contributed by atoms with Crippen molar-refractivity contribution in [2.75, 3.05) is 25.0 Å². The topological polar surface area (TPSA) is 110 Å². The van der Waals surface area contributed by atoms with Crippen LogP contribution in [0.1, 0.15) is 12.5 Å². The number of pyridine rings is 1. The largest absolute Gasteiger partial charge is 0.461 e. The third kappa shape index (κ3) is 3.97. The number of esters is 1. The smallest absolute Gasteiger partial charge is 0.417 e. The number of nitrogens with one attached hydrogen (secondary N) is 1. The molecular formula is C16H14ClF3N4O5. The summed E-state index contributed by atoms with van der Waals surface area (Å²) in [7, 11) is 0. The first-order valence-corrected chi connectivity index (χ1v) is 8.75. The number of rotatable bonds is 6. The number of carbonyl (C=O) groups is 3. The molecule has 3 heterocycles. The van der Waals surface area contributed by atoms with E-state index in [1.54, 1.807) is 6.92 Å². The van der Waals surface area contributed by atoms with Gasteiger partial charge in [-0.15, -0.1) is 0 Å². The van der Waals surface area contributed by atoms with Gasteiger partial charge in [-0.2, -0.15) is 13.2 Å². The lowest BCUT2D eigenvalue weighted by Gasteiger charge is -2.16. The van der Waals surface area contributed by atoms with Crippen molar-refractivity contribution in [1.29, 1.82) is 0 Å². The average Bonchev–Trinajstić information content (AvgIpc) is 3.18. The molecule has 0 spiro atoms. The van der Waals surface area contributed by atoms with E-state index in [-0.39, 0.29) is 36.2 Å². The molecule has 156 valence electrons. The quantitative estimate of drug-likeness (QED) is 0.533. The van der Waals surface area contributed by atoms with E-state index in [1.165, 1.54) is 0 Å². The molecule has 9 nitrogen and oxygen atoms in total. The number of amides is 2. The lowest BCUT2D eigenvalue weighted by Crippen LogP contribution is -2.37. The number of hydrogen-bond donors (Lipinski definition) is 1. The Hall–Kier alpha value is -2.89. The van der Waals surface area contributed by atoms with Gasteiger partial charge < -0.3 is 14.9 Å². The minimum absolute atomic E-state index is 0.0380. The normalized spacial score (nSPS) is 21.0. The van der Waals surface area contributed by atoms with Gasteiger partial charge in [0.2, 0.25) is 12.0 Å². The van der Waals surface area contributed by atoms with Crippen LogP contribution in [-0.2, 0) is 30.1 Å². The third-order valence-electron chi connectivity index (χ3n) is 4.18. The van der Waals surface area contributed by atoms with Gasteiger partial charge >= 0.3 is 12.1 Å². The number of fused-ring (bicyclic) bond motifs is 1. The fourth-order valence-electron chi connectivity index (χ4n) is 2.84. The highest BCUT2D eigenvalue weighted by Gasteiger charge is 2.57. The van der Waals surface area contributed by atoms with Crippen LogP contribution in [0.2, 0.25) is 5.02 Å². The fraction of sp³-hybridized carbons (Fsp3) is 0.438. The van der Waals surface area contributed by atoms with Crippen LogP contribution in [0.3, 0.4) is 0 Å². The van der Waals surface area contributed by atoms with Crippen LogP contribution in [0.25, 0.3) is 0 Å². The summed E-state index contributed by atoms with van der Waals surface area (Å²) in [6.45, 7) is 1.45. The second kappa shape index (κ2) is 7.85. The molecule has 13 heteroatoms. The van der Waals surface area contributed by atoms with Gasteiger partial charge in [0.25, 0.3) is 5.91 Å². The first-order chi connectivity index (χ1) is 13.6. The van der Waals surface area contributed by atoms with Crippen LogP contribution in [0.5, 0.6) is 0 Å². The number of anilines is 1. The lowest BCUT2D eigenvalue weighted by atomic mass is 10.00. The molecule has 0 bridgehead atoms. The number of imide groups is 1. The summed E-state index contributed by atoms with van der Waals surface area (Å²) >= 11 is 5.79. The van der Waals surface area contributed by atoms with Crippen LogP contribution in [0.4, 0.5) is 19.0 Å². The number of halogens is 4. The zero-order valence-corrected chi connectivity index (χ0v) is 15.6. The van der Waals surface area contributed by atoms with Crippen molar-refractivity contribution in [3.05, 3.63) is 22.8 Å². The molecule has 0 aromatic carbocycles. The van der Waals surface area contributed by atoms with Gasteiger partial charge in [-0.05, 0) is 13.0 Å². The number of aromatic nitrogens is 1. The number of carbonyl (C=O) groups excluding carboxylic acids is 3. The summed E-state index contributed by atoms with van der Waals surface area (Å²) < 4.78 is 42.7. The summed E-state index contributed by atoms with van der Waals surface area (Å²) in [4.78, 5) is 46.1. The molecule has 2 amide bonds. The summed E-state index contributed by atoms with van der Waals surface area (Å²) in [6.07, 6.45) is -5.21. The minimum atomic E-state index is -4.58. The molecule has 1 aromatic heterocycles. The first-order valence-electron chi connectivity index (χ1n) is 8.37. The molecule has 0 aliphatic carbocycles. The second-order valence-corrected chi connectivity index (χ2v) is 6.41. The van der Waals surface area contributed by atoms with Gasteiger partial charge in [0.15, 0.2) is 5.71 Å². The number of likely N-dealkylation sites (tertiary alicyclic amines) is 1. The van der Waals surface area contributed by atoms with Crippen LogP contribution < -0.4 is 5.32 Å². The van der Waals surface area contributed by atoms with Crippen molar-refractivity contribution in [3.63, 3.8) is 0 Å². The number of hydrogen-bond acceptors (Lipinski definition) is 8. The van der Waals surface area contributed by atoms with E-state index in [4.69, 9.17) is 21.2 Å². The van der Waals surface area contributed by atoms with Crippen molar-refractivity contribution in [1.82, 2.24) is 9.88 Å². The Labute approximate surface area is 166 Å². The van der Waals surface area contributed by atoms with E-state index < -0.39 is 41.5 Å². The van der Waals surface area contributed by atoms with Gasteiger partial charge in [0.1, 0.15) is 11.7 Å². The van der Waals surface area contributed by atoms with E-state index in [0.29, 0.717) is 12.3 Å². The highest BCUT2D eigenvalue weighted by molar-refractivity contribution is 6.43. The Bertz CT molecular complexity index is 892. The van der Waals surface area contributed by atoms with Crippen LogP contribution in [0, 0.1) is 5.92 Å². The first kappa shape index (κ1) is 20.8. The van der Waals surface area contributed by atoms with Crippen LogP contribution in [0.15, 0.2) is 17.4 Å². The molecule has 1 aromatic rings. The van der Waals surface area contributed by atoms with Crippen LogP contribution in [-0.4, -0.2) is 59.2 Å². The molecule has 2 aliphatic rings. The monoisotopic (exact) mass is 434 g/mol. The van der Waals surface area contributed by atoms with E-state index in [1.807, 2.05) is 0 Å². The Morgan fingerprint density at radius 1 is 1.38 bits per heavy atom. The fourth-order valence-corrected chi connectivity index (χ4v) is 3.07. The minimum Gasteiger partial charge on any atom is -0.461 e. The molecule has 1 N–H and O–H groups in total. The standard InChI is InChI=1S/C16H14ClF3N4O5/c1-2-28-15(27)10-9-11(29-23-10)14(26)24(13(9)25)4-3-21-12-8(17)5-7(6-22-12)16(18,19)20/h5-6,9,11H,2-4H2,1H3,(H,21,22). The molecule has 2 unspecified atom stereocenters. The molecule has 2 aliphatic heterocycles. The van der Waals surface area contributed by atoms with Crippen molar-refractivity contribution >= 4 is 40.9 Å². The summed E-state index contributed by atoms with van der Waals surface area (Å²) in [5.74, 6) is -3.44. The number of nitrogens with zero attached hydrogens (tertiary/aromatic N) is 3. The second-order valence-electron chi connectivity index (χ2n) is 6.01. The van der Waals surface area contributed by atoms with Crippen molar-refractivity contribution in [2.45, 2.75) is 19.2 Å². The van der Waals surface area contributed by atoms with Crippen molar-refractivity contribution in [2.24, 2.45) is 11.1 Å². The van der Waals surface area contributed by atoms with E-state index >= 15 is 0 Å². The molecule has 0 radical (unpaired) electrons. The van der Waals surface area contributed by atoms with Gasteiger partial charge in [0, 0.05) is 19.3 Å². The SMILES string of the molecule is CCOC(=O)C1=NOC2C(=O)N(CCNc3ncc(C(F)(F)F)cc3Cl)C(=O)C12. The van der Waals surface area contributed by atoms with Gasteiger partial charge in [-0.3, -0.25) is 14.5 Å². The zero-order chi connectivity index (χ0) is 21.3. The van der Waals surface area contributed by atoms with E-state index in [9.17, 15) is 27.6 Å². The maximum Gasteiger partial charge on any atom is 0.417 e. The predicted molar refractivity (Wildman–Crippen MR) is 91.9 cm³/mol. The Morgan fingerprint density at radius 2 is 2.10 bits per heavy atom. The van der Waals surface area contributed by atoms with Gasteiger partial charge in [-0.25, -0.2) is 9.78 Å². The van der Waals surface area contributed by atoms with Crippen molar-refractivity contribution in [3.8, 4) is 0 Å². The maximum absolute atomic E-state index is 12.6. The van der Waals surface area contributed by atoms with E-state index in [0.717, 1.165) is 4.90 Å². The zero-order valence-electron chi connectivity index (χ0n) is 14.8. The van der Waals surface area contributed by atoms with Gasteiger partial charge in [0.05, 0.1) is 17.2 Å². The molecule has 3 rings (SSSR count). The summed E-state index contributed by atoms with van der Waals surface area (Å²) in [5, 5.41) is 5.87. The number of ether oxygens (including phenoxy) is 1. The maximum atomic E-state index is 12.6. The summed E-state index contributed by atoms with van der Waals surface area (Å²) in [6, 6.07) is 0.712. The molecule has 29 heavy (non-hydrogen) atoms. The number of alkyl halides is 3.